The van der Waals surface area contributed by atoms with Gasteiger partial charge in [-0.3, -0.25) is 4.79 Å². The van der Waals surface area contributed by atoms with Crippen molar-refractivity contribution in [2.75, 3.05) is 11.9 Å². The Bertz CT molecular complexity index is 707. The number of anilines is 1. The van der Waals surface area contributed by atoms with Crippen LogP contribution in [0.3, 0.4) is 0 Å². The van der Waals surface area contributed by atoms with Crippen molar-refractivity contribution >= 4 is 11.6 Å². The molecule has 0 spiro atoms. The van der Waals surface area contributed by atoms with E-state index in [0.717, 1.165) is 11.3 Å². The molecule has 122 valence electrons. The van der Waals surface area contributed by atoms with Gasteiger partial charge in [-0.15, -0.1) is 0 Å². The molecule has 0 heterocycles. The lowest BCUT2D eigenvalue weighted by Gasteiger charge is -2.16. The molecule has 0 bridgehead atoms. The molecular weight excluding hydrogens is 284 g/mol. The van der Waals surface area contributed by atoms with Crippen LogP contribution in [0, 0.1) is 27.7 Å². The van der Waals surface area contributed by atoms with Gasteiger partial charge in [-0.1, -0.05) is 24.3 Å². The molecule has 0 saturated carbocycles. The highest BCUT2D eigenvalue weighted by Crippen LogP contribution is 2.17. The molecule has 3 nitrogen and oxygen atoms in total. The third-order valence-electron chi connectivity index (χ3n) is 4.37. The first kappa shape index (κ1) is 17.1. The summed E-state index contributed by atoms with van der Waals surface area (Å²) in [4.78, 5) is 12.1. The Morgan fingerprint density at radius 1 is 0.913 bits per heavy atom. The van der Waals surface area contributed by atoms with Crippen LogP contribution in [-0.4, -0.2) is 12.5 Å². The third-order valence-corrected chi connectivity index (χ3v) is 4.37. The summed E-state index contributed by atoms with van der Waals surface area (Å²) < 4.78 is 0. The van der Waals surface area contributed by atoms with E-state index in [1.807, 2.05) is 13.0 Å². The van der Waals surface area contributed by atoms with Crippen LogP contribution in [0.2, 0.25) is 0 Å². The Morgan fingerprint density at radius 2 is 1.52 bits per heavy atom. The fourth-order valence-electron chi connectivity index (χ4n) is 2.44. The number of nitrogens with one attached hydrogen (secondary N) is 2. The molecule has 0 aliphatic heterocycles. The van der Waals surface area contributed by atoms with Crippen molar-refractivity contribution in [3.8, 4) is 0 Å². The lowest BCUT2D eigenvalue weighted by molar-refractivity contribution is -0.120. The number of carbonyl (C=O) groups is 1. The van der Waals surface area contributed by atoms with Gasteiger partial charge in [-0.2, -0.15) is 0 Å². The Hall–Kier alpha value is -2.29. The molecule has 1 unspecified atom stereocenters. The first-order valence-corrected chi connectivity index (χ1v) is 8.04. The molecular formula is C20H26N2O. The minimum Gasteiger partial charge on any atom is -0.376 e. The second kappa shape index (κ2) is 7.32. The Morgan fingerprint density at radius 3 is 2.13 bits per heavy atom. The van der Waals surface area contributed by atoms with Gasteiger partial charge >= 0.3 is 0 Å². The molecule has 0 aromatic heterocycles. The molecule has 0 aliphatic carbocycles. The zero-order valence-electron chi connectivity index (χ0n) is 14.7. The van der Waals surface area contributed by atoms with Gasteiger partial charge in [0.15, 0.2) is 0 Å². The van der Waals surface area contributed by atoms with Gasteiger partial charge in [0.1, 0.15) is 0 Å². The molecule has 1 atom stereocenters. The first-order chi connectivity index (χ1) is 10.9. The minimum absolute atomic E-state index is 0.00311. The van der Waals surface area contributed by atoms with Crippen molar-refractivity contribution < 1.29 is 4.79 Å². The lowest BCUT2D eigenvalue weighted by atomic mass is 10.0. The summed E-state index contributed by atoms with van der Waals surface area (Å²) >= 11 is 0. The molecule has 0 aliphatic rings. The van der Waals surface area contributed by atoms with E-state index < -0.39 is 0 Å². The van der Waals surface area contributed by atoms with Crippen LogP contribution in [-0.2, 0) is 4.79 Å². The first-order valence-electron chi connectivity index (χ1n) is 8.04. The SMILES string of the molecule is Cc1ccc(NCC(=O)NC(C)c2ccc(C)c(C)c2)cc1C. The van der Waals surface area contributed by atoms with Crippen LogP contribution in [0.1, 0.15) is 40.8 Å². The highest BCUT2D eigenvalue weighted by molar-refractivity contribution is 5.81. The van der Waals surface area contributed by atoms with Crippen LogP contribution >= 0.6 is 0 Å². The van der Waals surface area contributed by atoms with Gasteiger partial charge in [0.25, 0.3) is 0 Å². The Kier molecular flexibility index (Phi) is 5.43. The second-order valence-electron chi connectivity index (χ2n) is 6.29. The zero-order valence-corrected chi connectivity index (χ0v) is 14.7. The van der Waals surface area contributed by atoms with Crippen molar-refractivity contribution in [3.63, 3.8) is 0 Å². The predicted octanol–water partition coefficient (Wildman–Crippen LogP) is 4.21. The largest absolute Gasteiger partial charge is 0.376 e. The number of hydrogen-bond acceptors (Lipinski definition) is 2. The Labute approximate surface area is 139 Å². The standard InChI is InChI=1S/C20H26N2O/c1-13-6-8-18(10-15(13)3)17(5)22-20(23)12-21-19-9-7-14(2)16(4)11-19/h6-11,17,21H,12H2,1-5H3,(H,22,23). The number of hydrogen-bond donors (Lipinski definition) is 2. The molecule has 1 amide bonds. The fraction of sp³-hybridized carbons (Fsp3) is 0.350. The quantitative estimate of drug-likeness (QED) is 0.868. The van der Waals surface area contributed by atoms with E-state index in [1.54, 1.807) is 0 Å². The van der Waals surface area contributed by atoms with Crippen LogP contribution in [0.4, 0.5) is 5.69 Å². The zero-order chi connectivity index (χ0) is 17.0. The van der Waals surface area contributed by atoms with Crippen LogP contribution < -0.4 is 10.6 Å². The average Bonchev–Trinajstić information content (AvgIpc) is 2.51. The van der Waals surface area contributed by atoms with Crippen molar-refractivity contribution in [2.45, 2.75) is 40.7 Å². The monoisotopic (exact) mass is 310 g/mol. The average molecular weight is 310 g/mol. The summed E-state index contributed by atoms with van der Waals surface area (Å²) in [6.07, 6.45) is 0. The van der Waals surface area contributed by atoms with Crippen LogP contribution in [0.25, 0.3) is 0 Å². The van der Waals surface area contributed by atoms with Gasteiger partial charge in [0.05, 0.1) is 12.6 Å². The number of aryl methyl sites for hydroxylation is 4. The molecule has 2 rings (SSSR count). The second-order valence-corrected chi connectivity index (χ2v) is 6.29. The highest BCUT2D eigenvalue weighted by Gasteiger charge is 2.10. The molecule has 0 fully saturated rings. The Balaban J connectivity index is 1.90. The summed E-state index contributed by atoms with van der Waals surface area (Å²) in [5.74, 6) is -0.00560. The maximum Gasteiger partial charge on any atom is 0.239 e. The maximum absolute atomic E-state index is 12.1. The van der Waals surface area contributed by atoms with Crippen molar-refractivity contribution in [2.24, 2.45) is 0 Å². The van der Waals surface area contributed by atoms with Gasteiger partial charge in [-0.25, -0.2) is 0 Å². The van der Waals surface area contributed by atoms with E-state index in [-0.39, 0.29) is 18.5 Å². The van der Waals surface area contributed by atoms with E-state index in [0.29, 0.717) is 0 Å². The molecule has 23 heavy (non-hydrogen) atoms. The minimum atomic E-state index is -0.00560. The molecule has 0 radical (unpaired) electrons. The molecule has 2 aromatic carbocycles. The predicted molar refractivity (Wildman–Crippen MR) is 96.9 cm³/mol. The maximum atomic E-state index is 12.1. The summed E-state index contributed by atoms with van der Waals surface area (Å²) in [7, 11) is 0. The molecule has 2 aromatic rings. The van der Waals surface area contributed by atoms with E-state index in [2.05, 4.69) is 68.7 Å². The normalized spacial score (nSPS) is 11.9. The van der Waals surface area contributed by atoms with E-state index in [9.17, 15) is 4.79 Å². The molecule has 2 N–H and O–H groups in total. The topological polar surface area (TPSA) is 41.1 Å². The van der Waals surface area contributed by atoms with Crippen LogP contribution in [0.5, 0.6) is 0 Å². The van der Waals surface area contributed by atoms with Crippen molar-refractivity contribution in [1.82, 2.24) is 5.32 Å². The number of amides is 1. The van der Waals surface area contributed by atoms with Crippen molar-refractivity contribution in [1.29, 1.82) is 0 Å². The molecule has 0 saturated heterocycles. The van der Waals surface area contributed by atoms with Gasteiger partial charge in [-0.05, 0) is 74.6 Å². The number of carbonyl (C=O) groups excluding carboxylic acids is 1. The van der Waals surface area contributed by atoms with Gasteiger partial charge < -0.3 is 10.6 Å². The summed E-state index contributed by atoms with van der Waals surface area (Å²) in [6, 6.07) is 12.4. The third kappa shape index (κ3) is 4.59. The van der Waals surface area contributed by atoms with Gasteiger partial charge in [0.2, 0.25) is 5.91 Å². The van der Waals surface area contributed by atoms with E-state index in [4.69, 9.17) is 0 Å². The summed E-state index contributed by atoms with van der Waals surface area (Å²) in [6.45, 7) is 10.6. The highest BCUT2D eigenvalue weighted by atomic mass is 16.1. The lowest BCUT2D eigenvalue weighted by Crippen LogP contribution is -2.32. The fourth-order valence-corrected chi connectivity index (χ4v) is 2.44. The smallest absolute Gasteiger partial charge is 0.239 e. The summed E-state index contributed by atoms with van der Waals surface area (Å²) in [5, 5.41) is 6.22. The van der Waals surface area contributed by atoms with E-state index in [1.165, 1.54) is 22.3 Å². The summed E-state index contributed by atoms with van der Waals surface area (Å²) in [5.41, 5.74) is 7.09. The van der Waals surface area contributed by atoms with Crippen molar-refractivity contribution in [3.05, 3.63) is 64.2 Å². The van der Waals surface area contributed by atoms with Gasteiger partial charge in [0, 0.05) is 5.69 Å². The number of benzene rings is 2. The number of rotatable bonds is 5. The molecule has 3 heteroatoms. The van der Waals surface area contributed by atoms with E-state index >= 15 is 0 Å². The van der Waals surface area contributed by atoms with Crippen LogP contribution in [0.15, 0.2) is 36.4 Å².